The molecule has 2 aliphatic heterocycles. The van der Waals surface area contributed by atoms with E-state index in [1.807, 2.05) is 0 Å². The minimum Gasteiger partial charge on any atom is -0.465 e. The SMILES string of the molecule is COCCCC[C@@](O)(c1cccc(Cl)c1F)[C@@H]1CCCN(C(=O)NC2CN(C(=O)O)CCC2C2CCCCC2)C1. The summed E-state index contributed by atoms with van der Waals surface area (Å²) in [4.78, 5) is 28.5. The molecule has 2 saturated heterocycles. The summed E-state index contributed by atoms with van der Waals surface area (Å²) in [7, 11) is 1.63. The number of unbranched alkanes of at least 4 members (excludes halogenated alkanes) is 1. The van der Waals surface area contributed by atoms with Gasteiger partial charge in [0.2, 0.25) is 0 Å². The van der Waals surface area contributed by atoms with E-state index in [-0.39, 0.29) is 47.6 Å². The number of rotatable bonds is 9. The van der Waals surface area contributed by atoms with Crippen molar-refractivity contribution in [3.05, 3.63) is 34.6 Å². The normalized spacial score (nSPS) is 25.9. The number of urea groups is 1. The summed E-state index contributed by atoms with van der Waals surface area (Å²) in [6.45, 7) is 2.14. The van der Waals surface area contributed by atoms with Crippen molar-refractivity contribution in [1.82, 2.24) is 15.1 Å². The van der Waals surface area contributed by atoms with Crippen molar-refractivity contribution in [2.45, 2.75) is 82.3 Å². The molecule has 3 amide bonds. The summed E-state index contributed by atoms with van der Waals surface area (Å²) in [6, 6.07) is 4.22. The molecule has 224 valence electrons. The summed E-state index contributed by atoms with van der Waals surface area (Å²) in [5.74, 6) is -0.254. The van der Waals surface area contributed by atoms with Crippen molar-refractivity contribution in [1.29, 1.82) is 0 Å². The molecular weight excluding hydrogens is 537 g/mol. The topological polar surface area (TPSA) is 102 Å². The van der Waals surface area contributed by atoms with Crippen LogP contribution in [0.15, 0.2) is 18.2 Å². The van der Waals surface area contributed by atoms with Crippen molar-refractivity contribution < 1.29 is 28.9 Å². The van der Waals surface area contributed by atoms with Crippen molar-refractivity contribution in [2.24, 2.45) is 17.8 Å². The zero-order valence-corrected chi connectivity index (χ0v) is 24.4. The number of nitrogens with one attached hydrogen (secondary N) is 1. The zero-order valence-electron chi connectivity index (χ0n) is 23.6. The highest BCUT2D eigenvalue weighted by atomic mass is 35.5. The Kier molecular flexibility index (Phi) is 10.9. The van der Waals surface area contributed by atoms with E-state index in [1.165, 1.54) is 30.2 Å². The molecule has 0 spiro atoms. The quantitative estimate of drug-likeness (QED) is 0.317. The lowest BCUT2D eigenvalue weighted by Crippen LogP contribution is -2.59. The third-order valence-electron chi connectivity index (χ3n) is 9.46. The minimum atomic E-state index is -1.49. The maximum absolute atomic E-state index is 15.3. The van der Waals surface area contributed by atoms with E-state index in [1.54, 1.807) is 24.1 Å². The molecule has 3 aliphatic rings. The molecule has 0 aromatic heterocycles. The van der Waals surface area contributed by atoms with E-state index in [0.717, 1.165) is 25.7 Å². The molecule has 40 heavy (non-hydrogen) atoms. The Morgan fingerprint density at radius 1 is 1.07 bits per heavy atom. The smallest absolute Gasteiger partial charge is 0.407 e. The lowest BCUT2D eigenvalue weighted by Gasteiger charge is -2.45. The van der Waals surface area contributed by atoms with Gasteiger partial charge in [0, 0.05) is 51.4 Å². The van der Waals surface area contributed by atoms with E-state index < -0.39 is 17.5 Å². The third-order valence-corrected chi connectivity index (χ3v) is 9.75. The van der Waals surface area contributed by atoms with E-state index in [4.69, 9.17) is 16.3 Å². The first kappa shape index (κ1) is 30.8. The second kappa shape index (κ2) is 14.2. The predicted octanol–water partition coefficient (Wildman–Crippen LogP) is 5.85. The lowest BCUT2D eigenvalue weighted by atomic mass is 9.73. The molecule has 3 N–H and O–H groups in total. The number of likely N-dealkylation sites (tertiary alicyclic amines) is 2. The molecule has 0 bridgehead atoms. The monoisotopic (exact) mass is 581 g/mol. The van der Waals surface area contributed by atoms with Gasteiger partial charge in [-0.3, -0.25) is 0 Å². The van der Waals surface area contributed by atoms with Crippen LogP contribution in [0.2, 0.25) is 5.02 Å². The maximum atomic E-state index is 15.3. The van der Waals surface area contributed by atoms with Crippen molar-refractivity contribution in [3.63, 3.8) is 0 Å². The fourth-order valence-electron chi connectivity index (χ4n) is 7.26. The van der Waals surface area contributed by atoms with Gasteiger partial charge < -0.3 is 30.1 Å². The number of piperidine rings is 2. The third kappa shape index (κ3) is 7.21. The van der Waals surface area contributed by atoms with E-state index in [0.29, 0.717) is 51.3 Å². The standard InChI is InChI=1S/C30H45ClFN3O5/c1-40-18-6-5-15-30(39,24-12-7-13-25(31)27(24)32)22-11-8-16-34(19-22)28(36)33-26-20-35(29(37)38)17-14-23(26)21-9-3-2-4-10-21/h7,12-13,21-23,26,39H,2-6,8-11,14-20H2,1H3,(H,33,36)(H,37,38)/t22-,23?,26?,30+/m1/s1. The molecule has 8 nitrogen and oxygen atoms in total. The number of halogens is 2. The molecule has 1 aliphatic carbocycles. The molecule has 4 atom stereocenters. The molecule has 4 rings (SSSR count). The van der Waals surface area contributed by atoms with E-state index >= 15 is 4.39 Å². The number of amides is 3. The molecule has 2 heterocycles. The molecule has 0 radical (unpaired) electrons. The van der Waals surface area contributed by atoms with Gasteiger partial charge in [0.1, 0.15) is 5.82 Å². The van der Waals surface area contributed by atoms with Gasteiger partial charge in [-0.2, -0.15) is 0 Å². The molecule has 3 fully saturated rings. The van der Waals surface area contributed by atoms with Gasteiger partial charge in [-0.05, 0) is 56.4 Å². The van der Waals surface area contributed by atoms with Gasteiger partial charge in [-0.1, -0.05) is 55.8 Å². The summed E-state index contributed by atoms with van der Waals surface area (Å²) < 4.78 is 20.4. The van der Waals surface area contributed by atoms with Crippen LogP contribution in [0.25, 0.3) is 0 Å². The number of nitrogens with zero attached hydrogens (tertiary/aromatic N) is 2. The number of hydrogen-bond donors (Lipinski definition) is 3. The van der Waals surface area contributed by atoms with Crippen molar-refractivity contribution in [3.8, 4) is 0 Å². The second-order valence-electron chi connectivity index (χ2n) is 11.9. The van der Waals surface area contributed by atoms with Gasteiger partial charge in [-0.25, -0.2) is 14.0 Å². The number of ether oxygens (including phenoxy) is 1. The highest BCUT2D eigenvalue weighted by molar-refractivity contribution is 6.30. The fourth-order valence-corrected chi connectivity index (χ4v) is 7.44. The van der Waals surface area contributed by atoms with Gasteiger partial charge in [0.05, 0.1) is 16.7 Å². The number of carboxylic acid groups (broad SMARTS) is 1. The summed E-state index contributed by atoms with van der Waals surface area (Å²) in [5.41, 5.74) is -1.32. The van der Waals surface area contributed by atoms with Crippen LogP contribution < -0.4 is 5.32 Å². The Hall–Kier alpha value is -2.10. The van der Waals surface area contributed by atoms with Crippen LogP contribution >= 0.6 is 11.6 Å². The highest BCUT2D eigenvalue weighted by Crippen LogP contribution is 2.42. The number of methoxy groups -OCH3 is 1. The van der Waals surface area contributed by atoms with E-state index in [9.17, 15) is 19.8 Å². The highest BCUT2D eigenvalue weighted by Gasteiger charge is 2.44. The van der Waals surface area contributed by atoms with Crippen LogP contribution in [-0.2, 0) is 10.3 Å². The first-order valence-corrected chi connectivity index (χ1v) is 15.3. The summed E-state index contributed by atoms with van der Waals surface area (Å²) in [5, 5.41) is 24.9. The van der Waals surface area contributed by atoms with Crippen molar-refractivity contribution >= 4 is 23.7 Å². The first-order chi connectivity index (χ1) is 19.2. The number of carbonyl (C=O) groups excluding carboxylic acids is 1. The maximum Gasteiger partial charge on any atom is 0.407 e. The Balaban J connectivity index is 1.50. The largest absolute Gasteiger partial charge is 0.465 e. The van der Waals surface area contributed by atoms with Gasteiger partial charge >= 0.3 is 12.1 Å². The number of aliphatic hydroxyl groups is 1. The average molecular weight is 582 g/mol. The summed E-state index contributed by atoms with van der Waals surface area (Å²) >= 11 is 6.12. The lowest BCUT2D eigenvalue weighted by molar-refractivity contribution is -0.0590. The fraction of sp³-hybridized carbons (Fsp3) is 0.733. The van der Waals surface area contributed by atoms with E-state index in [2.05, 4.69) is 5.32 Å². The predicted molar refractivity (Wildman–Crippen MR) is 152 cm³/mol. The molecular formula is C30H45ClFN3O5. The molecule has 1 saturated carbocycles. The molecule has 1 aromatic rings. The Labute approximate surface area is 242 Å². The molecule has 1 aromatic carbocycles. The Morgan fingerprint density at radius 3 is 2.58 bits per heavy atom. The van der Waals surface area contributed by atoms with Crippen LogP contribution in [0.1, 0.15) is 76.2 Å². The van der Waals surface area contributed by atoms with Crippen LogP contribution in [0.4, 0.5) is 14.0 Å². The first-order valence-electron chi connectivity index (χ1n) is 14.9. The van der Waals surface area contributed by atoms with Gasteiger partial charge in [0.25, 0.3) is 0 Å². The molecule has 10 heteroatoms. The minimum absolute atomic E-state index is 0.0349. The number of benzene rings is 1. The van der Waals surface area contributed by atoms with Crippen LogP contribution in [0.5, 0.6) is 0 Å². The zero-order chi connectivity index (χ0) is 28.7. The van der Waals surface area contributed by atoms with Crippen LogP contribution in [0.3, 0.4) is 0 Å². The van der Waals surface area contributed by atoms with Gasteiger partial charge in [-0.15, -0.1) is 0 Å². The number of hydrogen-bond acceptors (Lipinski definition) is 4. The van der Waals surface area contributed by atoms with Gasteiger partial charge in [0.15, 0.2) is 0 Å². The van der Waals surface area contributed by atoms with Crippen LogP contribution in [-0.4, -0.2) is 78.1 Å². The summed E-state index contributed by atoms with van der Waals surface area (Å²) in [6.07, 6.45) is 8.65. The number of carbonyl (C=O) groups is 2. The Morgan fingerprint density at radius 2 is 1.85 bits per heavy atom. The average Bonchev–Trinajstić information content (AvgIpc) is 2.97. The Bertz CT molecular complexity index is 1010. The molecule has 2 unspecified atom stereocenters. The second-order valence-corrected chi connectivity index (χ2v) is 12.3. The van der Waals surface area contributed by atoms with Crippen molar-refractivity contribution in [2.75, 3.05) is 39.9 Å². The van der Waals surface area contributed by atoms with Crippen LogP contribution in [0, 0.1) is 23.6 Å².